The third-order valence-electron chi connectivity index (χ3n) is 8.07. The van der Waals surface area contributed by atoms with Gasteiger partial charge in [0, 0.05) is 0 Å². The van der Waals surface area contributed by atoms with Crippen molar-refractivity contribution in [2.24, 2.45) is 0 Å². The van der Waals surface area contributed by atoms with E-state index in [1.54, 1.807) is 22.3 Å². The topological polar surface area (TPSA) is 0 Å². The summed E-state index contributed by atoms with van der Waals surface area (Å²) in [5, 5.41) is 3.85. The second kappa shape index (κ2) is 8.61. The molecule has 0 spiro atoms. The molecule has 2 aromatic carbocycles. The third kappa shape index (κ3) is 3.27. The van der Waals surface area contributed by atoms with E-state index in [9.17, 15) is 0 Å². The van der Waals surface area contributed by atoms with Crippen molar-refractivity contribution in [2.45, 2.75) is 60.4 Å². The number of rotatable bonds is 2. The zero-order valence-corrected chi connectivity index (χ0v) is 27.5. The number of allylic oxidation sites excluding steroid dienone is 2. The molecule has 2 unspecified atom stereocenters. The van der Waals surface area contributed by atoms with E-state index in [-0.39, 0.29) is 24.8 Å². The molecule has 168 valence electrons. The van der Waals surface area contributed by atoms with Crippen LogP contribution in [0.3, 0.4) is 0 Å². The molecule has 1 heterocycles. The van der Waals surface area contributed by atoms with E-state index in [0.717, 1.165) is 7.25 Å². The average molecular weight is 593 g/mol. The average Bonchev–Trinajstić information content (AvgIpc) is 3.11. The van der Waals surface area contributed by atoms with E-state index in [4.69, 9.17) is 0 Å². The molecular weight excluding hydrogens is 559 g/mol. The predicted octanol–water partition coefficient (Wildman–Crippen LogP) is 1.51. The molecule has 6 heteroatoms. The summed E-state index contributed by atoms with van der Waals surface area (Å²) in [7, 11) is -4.96. The molecule has 3 aliphatic rings. The second-order valence-corrected chi connectivity index (χ2v) is 41.7. The van der Waals surface area contributed by atoms with Gasteiger partial charge in [0.2, 0.25) is 0 Å². The van der Waals surface area contributed by atoms with Crippen molar-refractivity contribution in [2.75, 3.05) is 0 Å². The first kappa shape index (κ1) is 26.6. The monoisotopic (exact) mass is 590 g/mol. The van der Waals surface area contributed by atoms with Crippen LogP contribution in [0.25, 0.3) is 10.4 Å². The molecule has 2 atom stereocenters. The van der Waals surface area contributed by atoms with Gasteiger partial charge in [-0.15, -0.1) is 0 Å². The van der Waals surface area contributed by atoms with Crippen molar-refractivity contribution in [3.63, 3.8) is 0 Å². The number of fused-ring (bicyclic) bond motifs is 8. The summed E-state index contributed by atoms with van der Waals surface area (Å²) >= 11 is -0.706. The molecule has 32 heavy (non-hydrogen) atoms. The molecule has 0 saturated heterocycles. The van der Waals surface area contributed by atoms with Crippen molar-refractivity contribution in [3.8, 4) is 0 Å². The summed E-state index contributed by atoms with van der Waals surface area (Å²) in [5.41, 5.74) is 10.4. The van der Waals surface area contributed by atoms with Gasteiger partial charge in [-0.25, -0.2) is 0 Å². The molecule has 0 saturated carbocycles. The summed E-state index contributed by atoms with van der Waals surface area (Å²) in [4.78, 5) is 0. The number of halogens is 2. The van der Waals surface area contributed by atoms with E-state index < -0.39 is 45.5 Å². The summed E-state index contributed by atoms with van der Waals surface area (Å²) in [6.07, 6.45) is 0. The van der Waals surface area contributed by atoms with Crippen LogP contribution in [0, 0.1) is 0 Å². The fourth-order valence-corrected chi connectivity index (χ4v) is 61.3. The van der Waals surface area contributed by atoms with Crippen LogP contribution < -0.4 is 24.8 Å². The van der Waals surface area contributed by atoms with Crippen LogP contribution in [0.1, 0.15) is 43.4 Å². The largest absolute Gasteiger partial charge is 1.00 e. The Labute approximate surface area is 221 Å². The van der Waals surface area contributed by atoms with Gasteiger partial charge in [-0.05, 0) is 0 Å². The summed E-state index contributed by atoms with van der Waals surface area (Å²) in [5.74, 6) is 0. The van der Waals surface area contributed by atoms with E-state index >= 15 is 0 Å². The fourth-order valence-electron chi connectivity index (χ4n) is 7.47. The quantitative estimate of drug-likeness (QED) is 0.464. The van der Waals surface area contributed by atoms with Gasteiger partial charge in [0.1, 0.15) is 0 Å². The molecule has 5 rings (SSSR count). The van der Waals surface area contributed by atoms with Gasteiger partial charge < -0.3 is 24.8 Å². The normalized spacial score (nSPS) is 22.5. The summed E-state index contributed by atoms with van der Waals surface area (Å²) in [6, 6.07) is 19.3. The summed E-state index contributed by atoms with van der Waals surface area (Å²) in [6.45, 7) is 21.5. The molecule has 2 aromatic rings. The Hall–Kier alpha value is 0.0338. The van der Waals surface area contributed by atoms with Crippen molar-refractivity contribution < 1.29 is 48.0 Å². The van der Waals surface area contributed by atoms with E-state index in [0.29, 0.717) is 0 Å². The molecule has 0 fully saturated rings. The zero-order chi connectivity index (χ0) is 21.6. The van der Waals surface area contributed by atoms with Crippen LogP contribution in [-0.4, -0.2) is 22.3 Å². The maximum Gasteiger partial charge on any atom is -1.00 e. The van der Waals surface area contributed by atoms with Crippen LogP contribution >= 0.6 is 0 Å². The molecule has 0 amide bonds. The summed E-state index contributed by atoms with van der Waals surface area (Å²) < 4.78 is 1.54. The maximum absolute atomic E-state index is 2.73. The molecule has 0 N–H and O–H groups in total. The molecule has 0 radical (unpaired) electrons. The Kier molecular flexibility index (Phi) is 7.16. The van der Waals surface area contributed by atoms with Crippen molar-refractivity contribution in [1.29, 1.82) is 0 Å². The molecule has 2 aliphatic carbocycles. The van der Waals surface area contributed by atoms with E-state index in [2.05, 4.69) is 102 Å². The van der Waals surface area contributed by atoms with Crippen LogP contribution in [0.5, 0.6) is 0 Å². The van der Waals surface area contributed by atoms with Crippen LogP contribution in [0.2, 0.25) is 39.3 Å². The molecule has 1 aliphatic heterocycles. The smallest absolute Gasteiger partial charge is 1.00 e. The van der Waals surface area contributed by atoms with Gasteiger partial charge in [-0.2, -0.15) is 0 Å². The van der Waals surface area contributed by atoms with Gasteiger partial charge >= 0.3 is 198 Å². The van der Waals surface area contributed by atoms with Crippen molar-refractivity contribution in [3.05, 3.63) is 81.9 Å². The second-order valence-electron chi connectivity index (χ2n) is 11.6. The Morgan fingerprint density at radius 2 is 0.969 bits per heavy atom. The molecular formula is C26H34Cl2Si3Zr. The third-order valence-corrected chi connectivity index (χ3v) is 50.7. The SMILES string of the molecule is CC1=C2c3ccccc3[CH]1[Zr+2][CH]1C(C)=C(c3ccccc31)[Si]2([Si](C)(C)C)[Si](C)(C)C.[Cl-].[Cl-]. The Morgan fingerprint density at radius 1 is 0.625 bits per heavy atom. The molecule has 0 nitrogen and oxygen atoms in total. The van der Waals surface area contributed by atoms with Gasteiger partial charge in [0.25, 0.3) is 0 Å². The number of hydrogen-bond donors (Lipinski definition) is 0. The fraction of sp³-hybridized carbons (Fsp3) is 0.385. The van der Waals surface area contributed by atoms with Gasteiger partial charge in [-0.1, -0.05) is 0 Å². The number of hydrogen-bond acceptors (Lipinski definition) is 0. The first-order chi connectivity index (χ1) is 14.0. The van der Waals surface area contributed by atoms with Gasteiger partial charge in [-0.3, -0.25) is 0 Å². The minimum atomic E-state index is -1.91. The predicted molar refractivity (Wildman–Crippen MR) is 136 cm³/mol. The minimum absolute atomic E-state index is 0. The van der Waals surface area contributed by atoms with Gasteiger partial charge in [0.15, 0.2) is 0 Å². The van der Waals surface area contributed by atoms with Crippen LogP contribution in [0.15, 0.2) is 59.7 Å². The first-order valence-corrected chi connectivity index (χ1v) is 25.2. The Balaban J connectivity index is 0.00000144. The van der Waals surface area contributed by atoms with Crippen LogP contribution in [-0.2, 0) is 23.2 Å². The zero-order valence-electron chi connectivity index (χ0n) is 20.5. The van der Waals surface area contributed by atoms with Crippen molar-refractivity contribution in [1.82, 2.24) is 0 Å². The molecule has 4 bridgehead atoms. The maximum atomic E-state index is 2.73. The van der Waals surface area contributed by atoms with Crippen LogP contribution in [0.4, 0.5) is 0 Å². The Bertz CT molecular complexity index is 1050. The number of benzene rings is 2. The molecule has 0 aromatic heterocycles. The van der Waals surface area contributed by atoms with E-state index in [1.165, 1.54) is 0 Å². The van der Waals surface area contributed by atoms with Gasteiger partial charge in [0.05, 0.1) is 0 Å². The Morgan fingerprint density at radius 3 is 1.31 bits per heavy atom. The van der Waals surface area contributed by atoms with Crippen molar-refractivity contribution >= 4 is 32.7 Å². The standard InChI is InChI=1S/C26H34Si3.2ClH.Zr/c1-19-17-21-13-9-11-15-23(21)25(19)29(27(3,4)5,28(6,7)8)26-20(2)18-22-14-10-12-16-24(22)26;;;/h9-18H,1-8H3;2*1H;/q;;;+2/p-2. The first-order valence-electron chi connectivity index (χ1n) is 11.4. The van der Waals surface area contributed by atoms with E-state index in [1.807, 2.05) is 21.5 Å². The minimum Gasteiger partial charge on any atom is -1.00 e.